The molecule has 0 bridgehead atoms. The maximum absolute atomic E-state index is 5.22. The first-order valence-corrected chi connectivity index (χ1v) is 22.1. The lowest BCUT2D eigenvalue weighted by Gasteiger charge is -2.27. The van der Waals surface area contributed by atoms with Crippen LogP contribution in [-0.4, -0.2) is 19.9 Å². The van der Waals surface area contributed by atoms with E-state index in [0.717, 1.165) is 78.1 Å². The molecule has 4 heteroatoms. The van der Waals surface area contributed by atoms with E-state index in [1.807, 2.05) is 24.5 Å². The van der Waals surface area contributed by atoms with Gasteiger partial charge in [0.15, 0.2) is 0 Å². The summed E-state index contributed by atoms with van der Waals surface area (Å²) in [5.41, 5.74) is 15.9. The Morgan fingerprint density at radius 3 is 1.77 bits per heavy atom. The zero-order chi connectivity index (χ0) is 43.3. The number of benzene rings is 7. The number of fused-ring (bicyclic) bond motifs is 13. The van der Waals surface area contributed by atoms with Crippen molar-refractivity contribution in [3.8, 4) is 33.6 Å². The van der Waals surface area contributed by atoms with Gasteiger partial charge in [0.2, 0.25) is 0 Å². The number of aromatic nitrogens is 4. The van der Waals surface area contributed by atoms with E-state index >= 15 is 0 Å². The molecular formula is C60H44N4. The number of aryl methyl sites for hydroxylation is 2. The summed E-state index contributed by atoms with van der Waals surface area (Å²) < 4.78 is 0. The summed E-state index contributed by atoms with van der Waals surface area (Å²) >= 11 is 0. The summed E-state index contributed by atoms with van der Waals surface area (Å²) in [6.07, 6.45) is 9.34. The molecule has 0 radical (unpaired) electrons. The van der Waals surface area contributed by atoms with Gasteiger partial charge in [-0.15, -0.1) is 0 Å². The van der Waals surface area contributed by atoms with E-state index < -0.39 is 0 Å². The molecule has 4 aromatic heterocycles. The molecule has 64 heavy (non-hydrogen) atoms. The second-order valence-electron chi connectivity index (χ2n) is 18.2. The predicted octanol–water partition coefficient (Wildman–Crippen LogP) is 13.8. The van der Waals surface area contributed by atoms with E-state index in [1.54, 1.807) is 0 Å². The Balaban J connectivity index is 0.970. The third-order valence-corrected chi connectivity index (χ3v) is 13.7. The molecule has 0 spiro atoms. The second-order valence-corrected chi connectivity index (χ2v) is 18.2. The Hall–Kier alpha value is -7.82. The second kappa shape index (κ2) is 14.4. The highest BCUT2D eigenvalue weighted by Crippen LogP contribution is 2.39. The molecule has 4 nitrogen and oxygen atoms in total. The van der Waals surface area contributed by atoms with Crippen molar-refractivity contribution in [3.05, 3.63) is 197 Å². The maximum atomic E-state index is 5.22. The van der Waals surface area contributed by atoms with Crippen LogP contribution in [0.15, 0.2) is 165 Å². The van der Waals surface area contributed by atoms with Gasteiger partial charge in [0.05, 0.1) is 33.5 Å². The molecule has 1 aliphatic rings. The van der Waals surface area contributed by atoms with E-state index in [2.05, 4.69) is 173 Å². The summed E-state index contributed by atoms with van der Waals surface area (Å²) in [6, 6.07) is 52.6. The Kier molecular flexibility index (Phi) is 8.51. The normalized spacial score (nSPS) is 14.7. The van der Waals surface area contributed by atoms with Crippen LogP contribution >= 0.6 is 0 Å². The van der Waals surface area contributed by atoms with Crippen LogP contribution in [0.1, 0.15) is 42.5 Å². The third kappa shape index (κ3) is 6.05. The summed E-state index contributed by atoms with van der Waals surface area (Å²) in [6.45, 7) is 13.9. The molecule has 0 saturated carbocycles. The molecular weight excluding hydrogens is 777 g/mol. The van der Waals surface area contributed by atoms with Crippen molar-refractivity contribution in [2.75, 3.05) is 0 Å². The highest BCUT2D eigenvalue weighted by molar-refractivity contribution is 6.11. The number of hydrogen-bond donors (Lipinski definition) is 0. The smallest absolute Gasteiger partial charge is 0.0972 e. The average molecular weight is 821 g/mol. The highest BCUT2D eigenvalue weighted by Gasteiger charge is 2.26. The van der Waals surface area contributed by atoms with Gasteiger partial charge >= 0.3 is 0 Å². The Labute approximate surface area is 371 Å². The highest BCUT2D eigenvalue weighted by atomic mass is 14.8. The lowest BCUT2D eigenvalue weighted by Crippen LogP contribution is -2.27. The van der Waals surface area contributed by atoms with E-state index in [4.69, 9.17) is 26.5 Å². The predicted molar refractivity (Wildman–Crippen MR) is 270 cm³/mol. The molecule has 0 atom stereocenters. The fourth-order valence-corrected chi connectivity index (χ4v) is 10.2. The minimum Gasteiger partial charge on any atom is -0.254 e. The van der Waals surface area contributed by atoms with Crippen molar-refractivity contribution in [1.82, 2.24) is 19.9 Å². The first-order chi connectivity index (χ1) is 31.2. The van der Waals surface area contributed by atoms with Crippen molar-refractivity contribution < 1.29 is 0 Å². The van der Waals surface area contributed by atoms with Crippen LogP contribution in [0.2, 0.25) is 0 Å². The van der Waals surface area contributed by atoms with Gasteiger partial charge in [-0.25, -0.2) is 9.97 Å². The van der Waals surface area contributed by atoms with Gasteiger partial charge in [0, 0.05) is 45.1 Å². The van der Waals surface area contributed by atoms with Gasteiger partial charge in [-0.2, -0.15) is 0 Å². The zero-order valence-corrected chi connectivity index (χ0v) is 36.4. The molecule has 1 aliphatic carbocycles. The van der Waals surface area contributed by atoms with Gasteiger partial charge in [0.1, 0.15) is 0 Å². The Bertz CT molecular complexity index is 3950. The quantitative estimate of drug-likeness (QED) is 0.167. The molecule has 0 unspecified atom stereocenters. The number of nitrogens with zero attached hydrogens (tertiary/aromatic N) is 4. The topological polar surface area (TPSA) is 51.6 Å². The van der Waals surface area contributed by atoms with Crippen molar-refractivity contribution in [1.29, 1.82) is 0 Å². The molecule has 0 aliphatic heterocycles. The van der Waals surface area contributed by atoms with Gasteiger partial charge in [-0.3, -0.25) is 9.97 Å². The number of allylic oxidation sites excluding steroid dienone is 1. The monoisotopic (exact) mass is 820 g/mol. The van der Waals surface area contributed by atoms with Crippen LogP contribution in [0.25, 0.3) is 117 Å². The molecule has 4 heterocycles. The number of hydrogen-bond acceptors (Lipinski definition) is 4. The molecule has 12 rings (SSSR count). The third-order valence-electron chi connectivity index (χ3n) is 13.7. The fourth-order valence-electron chi connectivity index (χ4n) is 10.2. The largest absolute Gasteiger partial charge is 0.254 e. The van der Waals surface area contributed by atoms with Gasteiger partial charge in [-0.1, -0.05) is 130 Å². The lowest BCUT2D eigenvalue weighted by molar-refractivity contribution is 0.546. The van der Waals surface area contributed by atoms with Crippen LogP contribution in [0.3, 0.4) is 0 Å². The van der Waals surface area contributed by atoms with E-state index in [9.17, 15) is 0 Å². The Morgan fingerprint density at radius 2 is 1.05 bits per heavy atom. The van der Waals surface area contributed by atoms with Crippen LogP contribution in [0.5, 0.6) is 0 Å². The zero-order valence-electron chi connectivity index (χ0n) is 36.4. The van der Waals surface area contributed by atoms with E-state index in [1.165, 1.54) is 65.4 Å². The minimum atomic E-state index is -0.202. The summed E-state index contributed by atoms with van der Waals surface area (Å²) in [4.78, 5) is 19.8. The number of rotatable bonds is 3. The molecule has 0 fully saturated rings. The van der Waals surface area contributed by atoms with Crippen molar-refractivity contribution in [2.24, 2.45) is 0 Å². The van der Waals surface area contributed by atoms with Crippen LogP contribution in [0, 0.1) is 13.8 Å². The minimum absolute atomic E-state index is 0.202. The lowest BCUT2D eigenvalue weighted by atomic mass is 9.77. The van der Waals surface area contributed by atoms with E-state index in [-0.39, 0.29) is 5.41 Å². The van der Waals surface area contributed by atoms with Crippen molar-refractivity contribution in [2.45, 2.75) is 39.5 Å². The average Bonchev–Trinajstić information content (AvgIpc) is 3.37. The van der Waals surface area contributed by atoms with Gasteiger partial charge in [-0.05, 0) is 145 Å². The van der Waals surface area contributed by atoms with Crippen molar-refractivity contribution >= 4 is 82.9 Å². The maximum Gasteiger partial charge on any atom is 0.0972 e. The van der Waals surface area contributed by atoms with Gasteiger partial charge in [0.25, 0.3) is 0 Å². The Morgan fingerprint density at radius 1 is 0.469 bits per heavy atom. The summed E-state index contributed by atoms with van der Waals surface area (Å²) in [5.74, 6) is 0. The SMILES string of the molecule is C=C1/C=c2\c(c3ccc(-c4cc(C)c(-c5ccc6ccc7cccnc7c6n5)cc4C)cc3c3ccccc23)=C/CC(C)(C)c2cc(-c3ccc4ccc5cccnc5c4n3)ccc21. The first-order valence-electron chi connectivity index (χ1n) is 22.1. The molecule has 0 amide bonds. The fraction of sp³-hybridized carbons (Fsp3) is 0.100. The molecule has 304 valence electrons. The van der Waals surface area contributed by atoms with E-state index in [0.29, 0.717) is 0 Å². The molecule has 0 saturated heterocycles. The van der Waals surface area contributed by atoms with Gasteiger partial charge < -0.3 is 0 Å². The van der Waals surface area contributed by atoms with Crippen LogP contribution in [0.4, 0.5) is 0 Å². The summed E-state index contributed by atoms with van der Waals surface area (Å²) in [7, 11) is 0. The van der Waals surface area contributed by atoms with Crippen molar-refractivity contribution in [3.63, 3.8) is 0 Å². The molecule has 0 N–H and O–H groups in total. The van der Waals surface area contributed by atoms with Crippen LogP contribution in [-0.2, 0) is 5.41 Å². The molecule has 11 aromatic rings. The molecule has 7 aromatic carbocycles. The standard InChI is InChI=1S/C60H44N4/c1-35-32-51-45-12-6-7-13-46(45)52-33-42(49-30-37(3)50(31-36(49)2)55-25-21-41-17-15-39-11-9-29-62-57(39)59(41)64-55)18-23-47(52)48(51)26-27-60(4,5)53-34-43(19-22-44(35)53)54-24-20-40-16-14-38-10-8-28-61-56(38)58(40)63-54/h6-26,28-34H,1,27H2,2-5H3/b48-26-,51-32-. The first kappa shape index (κ1) is 37.9. The van der Waals surface area contributed by atoms with Crippen LogP contribution < -0.4 is 10.4 Å². The summed E-state index contributed by atoms with van der Waals surface area (Å²) in [5, 5.41) is 11.8. The number of pyridine rings is 4.